The van der Waals surface area contributed by atoms with Gasteiger partial charge in [0.1, 0.15) is 5.75 Å². The summed E-state index contributed by atoms with van der Waals surface area (Å²) in [5.74, 6) is 0.313. The van der Waals surface area contributed by atoms with Gasteiger partial charge in [0.2, 0.25) is 0 Å². The molecule has 1 N–H and O–H groups in total. The van der Waals surface area contributed by atoms with E-state index in [9.17, 15) is 9.90 Å². The van der Waals surface area contributed by atoms with Gasteiger partial charge in [-0.2, -0.15) is 0 Å². The van der Waals surface area contributed by atoms with E-state index in [2.05, 4.69) is 9.97 Å². The molecule has 1 saturated heterocycles. The van der Waals surface area contributed by atoms with Crippen molar-refractivity contribution in [1.82, 2.24) is 14.9 Å². The van der Waals surface area contributed by atoms with Gasteiger partial charge in [0.15, 0.2) is 5.16 Å². The average Bonchev–Trinajstić information content (AvgIpc) is 2.66. The number of benzene rings is 1. The molecule has 2 heterocycles. The molecular formula is C19H23N3O2S. The maximum Gasteiger partial charge on any atom is 0.257 e. The summed E-state index contributed by atoms with van der Waals surface area (Å²) in [4.78, 5) is 23.3. The van der Waals surface area contributed by atoms with E-state index in [1.54, 1.807) is 24.5 Å². The molecule has 0 unspecified atom stereocenters. The number of thioether (sulfide) groups is 1. The van der Waals surface area contributed by atoms with Gasteiger partial charge in [-0.15, -0.1) is 0 Å². The second-order valence-corrected chi connectivity index (χ2v) is 7.09. The standard InChI is InChI=1S/C19H23N3O2S/c1-25-19-20-12-15(13-21-19)18(24)22-10-3-2-6-16(22)9-8-14-5-4-7-17(23)11-14/h4-5,7,11-13,16,23H,2-3,6,8-10H2,1H3/t16-/m0/s1. The van der Waals surface area contributed by atoms with Crippen LogP contribution in [0.4, 0.5) is 0 Å². The SMILES string of the molecule is CSc1ncc(C(=O)N2CCCC[C@H]2CCc2cccc(O)c2)cn1. The molecule has 1 aliphatic rings. The Hall–Kier alpha value is -2.08. The van der Waals surface area contributed by atoms with E-state index in [0.717, 1.165) is 44.2 Å². The molecule has 6 heteroatoms. The Kier molecular flexibility index (Phi) is 5.91. The highest BCUT2D eigenvalue weighted by atomic mass is 32.2. The number of aromatic nitrogens is 2. The molecule has 3 rings (SSSR count). The monoisotopic (exact) mass is 357 g/mol. The van der Waals surface area contributed by atoms with Crippen LogP contribution in [0.15, 0.2) is 41.8 Å². The summed E-state index contributed by atoms with van der Waals surface area (Å²) in [7, 11) is 0. The lowest BCUT2D eigenvalue weighted by Gasteiger charge is -2.36. The first-order valence-electron chi connectivity index (χ1n) is 8.62. The zero-order chi connectivity index (χ0) is 17.6. The lowest BCUT2D eigenvalue weighted by molar-refractivity contribution is 0.0600. The Labute approximate surface area is 152 Å². The molecule has 0 aliphatic carbocycles. The van der Waals surface area contributed by atoms with Gasteiger partial charge in [-0.3, -0.25) is 4.79 Å². The zero-order valence-electron chi connectivity index (χ0n) is 14.4. The number of phenols is 1. The highest BCUT2D eigenvalue weighted by Crippen LogP contribution is 2.24. The molecule has 0 spiro atoms. The van der Waals surface area contributed by atoms with Gasteiger partial charge < -0.3 is 10.0 Å². The fourth-order valence-corrected chi connectivity index (χ4v) is 3.63. The number of likely N-dealkylation sites (tertiary alicyclic amines) is 1. The highest BCUT2D eigenvalue weighted by molar-refractivity contribution is 7.98. The highest BCUT2D eigenvalue weighted by Gasteiger charge is 2.27. The van der Waals surface area contributed by atoms with E-state index in [1.165, 1.54) is 11.8 Å². The van der Waals surface area contributed by atoms with Gasteiger partial charge in [0.05, 0.1) is 5.56 Å². The molecule has 1 aliphatic heterocycles. The maximum absolute atomic E-state index is 12.9. The van der Waals surface area contributed by atoms with Crippen molar-refractivity contribution in [3.05, 3.63) is 47.8 Å². The van der Waals surface area contributed by atoms with Crippen LogP contribution in [-0.2, 0) is 6.42 Å². The summed E-state index contributed by atoms with van der Waals surface area (Å²) in [6.45, 7) is 0.786. The first-order chi connectivity index (χ1) is 12.2. The smallest absolute Gasteiger partial charge is 0.257 e. The molecule has 0 radical (unpaired) electrons. The summed E-state index contributed by atoms with van der Waals surface area (Å²) >= 11 is 1.46. The van der Waals surface area contributed by atoms with Crippen LogP contribution in [-0.4, -0.2) is 44.7 Å². The number of amides is 1. The summed E-state index contributed by atoms with van der Waals surface area (Å²) in [6, 6.07) is 7.58. The molecular weight excluding hydrogens is 334 g/mol. The van der Waals surface area contributed by atoms with Crippen molar-refractivity contribution < 1.29 is 9.90 Å². The average molecular weight is 357 g/mol. The maximum atomic E-state index is 12.9. The minimum Gasteiger partial charge on any atom is -0.508 e. The van der Waals surface area contributed by atoms with Gasteiger partial charge in [0, 0.05) is 25.0 Å². The van der Waals surface area contributed by atoms with Gasteiger partial charge in [-0.05, 0) is 56.1 Å². The Morgan fingerprint density at radius 3 is 2.84 bits per heavy atom. The third-order valence-electron chi connectivity index (χ3n) is 4.62. The Bertz CT molecular complexity index is 721. The molecule has 1 amide bonds. The lowest BCUT2D eigenvalue weighted by atomic mass is 9.95. The van der Waals surface area contributed by atoms with Crippen molar-refractivity contribution in [2.75, 3.05) is 12.8 Å². The zero-order valence-corrected chi connectivity index (χ0v) is 15.2. The number of aromatic hydroxyl groups is 1. The second kappa shape index (κ2) is 8.34. The molecule has 5 nitrogen and oxygen atoms in total. The second-order valence-electron chi connectivity index (χ2n) is 6.32. The minimum absolute atomic E-state index is 0.0215. The Morgan fingerprint density at radius 2 is 2.12 bits per heavy atom. The van der Waals surface area contributed by atoms with Crippen molar-refractivity contribution in [3.63, 3.8) is 0 Å². The van der Waals surface area contributed by atoms with Crippen molar-refractivity contribution >= 4 is 17.7 Å². The fourth-order valence-electron chi connectivity index (χ4n) is 3.31. The molecule has 0 saturated carbocycles. The number of nitrogens with zero attached hydrogens (tertiary/aromatic N) is 3. The molecule has 0 bridgehead atoms. The topological polar surface area (TPSA) is 66.3 Å². The molecule has 1 aromatic heterocycles. The number of piperidine rings is 1. The number of hydrogen-bond acceptors (Lipinski definition) is 5. The van der Waals surface area contributed by atoms with Crippen molar-refractivity contribution in [3.8, 4) is 5.75 Å². The van der Waals surface area contributed by atoms with E-state index in [4.69, 9.17) is 0 Å². The quantitative estimate of drug-likeness (QED) is 0.655. The molecule has 132 valence electrons. The van der Waals surface area contributed by atoms with Crippen LogP contribution < -0.4 is 0 Å². The third kappa shape index (κ3) is 4.51. The van der Waals surface area contributed by atoms with E-state index in [1.807, 2.05) is 23.3 Å². The third-order valence-corrected chi connectivity index (χ3v) is 5.20. The molecule has 1 fully saturated rings. The Morgan fingerprint density at radius 1 is 1.32 bits per heavy atom. The van der Waals surface area contributed by atoms with E-state index >= 15 is 0 Å². The summed E-state index contributed by atoms with van der Waals surface area (Å²) in [5, 5.41) is 10.3. The van der Waals surface area contributed by atoms with Crippen molar-refractivity contribution in [2.24, 2.45) is 0 Å². The predicted molar refractivity (Wildman–Crippen MR) is 98.9 cm³/mol. The van der Waals surface area contributed by atoms with Gasteiger partial charge in [-0.1, -0.05) is 23.9 Å². The number of phenolic OH excluding ortho intramolecular Hbond substituents is 1. The molecule has 2 aromatic rings. The van der Waals surface area contributed by atoms with Crippen molar-refractivity contribution in [1.29, 1.82) is 0 Å². The van der Waals surface area contributed by atoms with Gasteiger partial charge in [-0.25, -0.2) is 9.97 Å². The molecule has 1 aromatic carbocycles. The van der Waals surface area contributed by atoms with Gasteiger partial charge >= 0.3 is 0 Å². The van der Waals surface area contributed by atoms with Gasteiger partial charge in [0.25, 0.3) is 5.91 Å². The molecule has 1 atom stereocenters. The minimum atomic E-state index is 0.0215. The predicted octanol–water partition coefficient (Wildman–Crippen LogP) is 3.53. The lowest BCUT2D eigenvalue weighted by Crippen LogP contribution is -2.44. The van der Waals surface area contributed by atoms with Crippen LogP contribution in [0, 0.1) is 0 Å². The number of hydrogen-bond donors (Lipinski definition) is 1. The van der Waals surface area contributed by atoms with Crippen LogP contribution in [0.2, 0.25) is 0 Å². The Balaban J connectivity index is 1.68. The number of carbonyl (C=O) groups excluding carboxylic acids is 1. The van der Waals surface area contributed by atoms with E-state index in [0.29, 0.717) is 16.5 Å². The van der Waals surface area contributed by atoms with E-state index in [-0.39, 0.29) is 11.9 Å². The van der Waals surface area contributed by atoms with Crippen LogP contribution in [0.3, 0.4) is 0 Å². The summed E-state index contributed by atoms with van der Waals surface area (Å²) in [6.07, 6.45) is 10.1. The number of carbonyl (C=O) groups is 1. The molecule has 25 heavy (non-hydrogen) atoms. The normalized spacial score (nSPS) is 17.5. The fraction of sp³-hybridized carbons (Fsp3) is 0.421. The number of aryl methyl sites for hydroxylation is 1. The van der Waals surface area contributed by atoms with Crippen LogP contribution in [0.1, 0.15) is 41.6 Å². The van der Waals surface area contributed by atoms with E-state index < -0.39 is 0 Å². The van der Waals surface area contributed by atoms with Crippen molar-refractivity contribution in [2.45, 2.75) is 43.3 Å². The van der Waals surface area contributed by atoms with Crippen LogP contribution in [0.25, 0.3) is 0 Å². The first-order valence-corrected chi connectivity index (χ1v) is 9.85. The summed E-state index contributed by atoms with van der Waals surface area (Å²) in [5.41, 5.74) is 1.66. The van der Waals surface area contributed by atoms with Crippen LogP contribution >= 0.6 is 11.8 Å². The number of rotatable bonds is 5. The largest absolute Gasteiger partial charge is 0.508 e. The first kappa shape index (κ1) is 17.7. The van der Waals surface area contributed by atoms with Crippen LogP contribution in [0.5, 0.6) is 5.75 Å². The summed E-state index contributed by atoms with van der Waals surface area (Å²) < 4.78 is 0.